The summed E-state index contributed by atoms with van der Waals surface area (Å²) in [6.07, 6.45) is 0. The van der Waals surface area contributed by atoms with Crippen molar-refractivity contribution in [1.82, 2.24) is 45.5 Å². The number of thioether (sulfide) groups is 1. The summed E-state index contributed by atoms with van der Waals surface area (Å²) in [4.78, 5) is 91.9. The van der Waals surface area contributed by atoms with Gasteiger partial charge in [0.1, 0.15) is 17.5 Å². The number of phenolic OH excluding ortho intramolecular Hbond substituents is 1. The van der Waals surface area contributed by atoms with E-state index in [9.17, 15) is 43.8 Å². The highest BCUT2D eigenvalue weighted by Gasteiger charge is 2.52. The summed E-state index contributed by atoms with van der Waals surface area (Å²) < 4.78 is 1.34. The number of aryl methyl sites for hydroxylation is 1. The van der Waals surface area contributed by atoms with Crippen molar-refractivity contribution in [3.05, 3.63) is 41.1 Å². The highest BCUT2D eigenvalue weighted by molar-refractivity contribution is 7.99. The van der Waals surface area contributed by atoms with Crippen LogP contribution in [0, 0.1) is 0 Å². The quantitative estimate of drug-likeness (QED) is 0.0450. The van der Waals surface area contributed by atoms with Gasteiger partial charge in [-0.2, -0.15) is 12.6 Å². The molecule has 0 spiro atoms. The molecule has 2 aliphatic rings. The molecule has 238 valence electrons. The Balaban J connectivity index is 1.52. The van der Waals surface area contributed by atoms with Gasteiger partial charge < -0.3 is 25.7 Å². The van der Waals surface area contributed by atoms with E-state index in [1.165, 1.54) is 33.8 Å². The number of phenols is 1. The maximum atomic E-state index is 13.4. The van der Waals surface area contributed by atoms with E-state index < -0.39 is 59.3 Å². The van der Waals surface area contributed by atoms with Gasteiger partial charge in [-0.25, -0.2) is 19.2 Å². The molecule has 1 atom stereocenters. The number of rotatable bonds is 11. The third-order valence-electron chi connectivity index (χ3n) is 6.82. The molecule has 0 unspecified atom stereocenters. The number of tetrazole rings is 1. The second-order valence-corrected chi connectivity index (χ2v) is 10.8. The van der Waals surface area contributed by atoms with Crippen molar-refractivity contribution in [2.24, 2.45) is 7.05 Å². The van der Waals surface area contributed by atoms with Crippen molar-refractivity contribution < 1.29 is 43.8 Å². The number of carbonyl (C=O) groups excluding carboxylic acids is 6. The number of hydrogen-bond donors (Lipinski definition) is 5. The van der Waals surface area contributed by atoms with Crippen LogP contribution < -0.4 is 10.6 Å². The number of likely N-dealkylation sites (tertiary alicyclic amines) is 1. The van der Waals surface area contributed by atoms with Gasteiger partial charge in [0.25, 0.3) is 11.8 Å². The van der Waals surface area contributed by atoms with E-state index >= 15 is 0 Å². The number of hydrogen-bond acceptors (Lipinski definition) is 13. The number of β-lactam (4-membered cyclic amide) rings is 2. The Morgan fingerprint density at radius 1 is 1.09 bits per heavy atom. The van der Waals surface area contributed by atoms with Crippen LogP contribution in [-0.4, -0.2) is 124 Å². The first-order valence-corrected chi connectivity index (χ1v) is 14.8. The van der Waals surface area contributed by atoms with Gasteiger partial charge >= 0.3 is 23.8 Å². The van der Waals surface area contributed by atoms with E-state index in [1.54, 1.807) is 14.0 Å². The zero-order valence-corrected chi connectivity index (χ0v) is 25.4. The van der Waals surface area contributed by atoms with E-state index in [0.29, 0.717) is 15.0 Å². The minimum Gasteiger partial charge on any atom is -0.508 e. The monoisotopic (exact) mass is 661 g/mol. The van der Waals surface area contributed by atoms with Gasteiger partial charge in [0.15, 0.2) is 6.04 Å². The number of urea groups is 1. The lowest BCUT2D eigenvalue weighted by Gasteiger charge is -2.37. The number of aromatic hydroxyl groups is 1. The number of aliphatic carboxylic acids is 1. The van der Waals surface area contributed by atoms with Crippen molar-refractivity contribution in [1.29, 1.82) is 0 Å². The SMILES string of the molecule is CCN1CCN(C(=O)N[C@@H](C(=O)NC2C(=O)N(C(C(=O)O)=C(CS)CSc3nnnn3C)C2=O)c2ccc(O)cc2)C(=O)C1=O. The van der Waals surface area contributed by atoms with Crippen LogP contribution in [0.5, 0.6) is 5.75 Å². The molecule has 45 heavy (non-hydrogen) atoms. The predicted octanol–water partition coefficient (Wildman–Crippen LogP) is -1.73. The van der Waals surface area contributed by atoms with E-state index in [2.05, 4.69) is 38.8 Å². The lowest BCUT2D eigenvalue weighted by atomic mass is 10.0. The van der Waals surface area contributed by atoms with Gasteiger partial charge in [0.05, 0.1) is 0 Å². The number of carbonyl (C=O) groups is 7. The largest absolute Gasteiger partial charge is 0.508 e. The molecule has 7 amide bonds. The Hall–Kier alpha value is -4.98. The summed E-state index contributed by atoms with van der Waals surface area (Å²) in [6.45, 7) is 1.85. The van der Waals surface area contributed by atoms with Gasteiger partial charge in [-0.1, -0.05) is 23.9 Å². The Labute approximate surface area is 264 Å². The molecule has 2 aromatic rings. The number of nitrogens with one attached hydrogen (secondary N) is 2. The van der Waals surface area contributed by atoms with Crippen LogP contribution in [0.25, 0.3) is 0 Å². The third-order valence-corrected chi connectivity index (χ3v) is 8.30. The molecule has 18 nitrogen and oxygen atoms in total. The van der Waals surface area contributed by atoms with Crippen LogP contribution >= 0.6 is 24.4 Å². The molecule has 0 saturated carbocycles. The predicted molar refractivity (Wildman–Crippen MR) is 155 cm³/mol. The molecule has 2 aliphatic heterocycles. The Morgan fingerprint density at radius 3 is 2.31 bits per heavy atom. The van der Waals surface area contributed by atoms with Gasteiger partial charge in [-0.3, -0.25) is 28.9 Å². The number of thiol groups is 1. The number of piperazine rings is 1. The summed E-state index contributed by atoms with van der Waals surface area (Å²) in [5.41, 5.74) is -0.438. The van der Waals surface area contributed by atoms with Gasteiger partial charge in [-0.15, -0.1) is 5.10 Å². The van der Waals surface area contributed by atoms with E-state index in [1.807, 2.05) is 0 Å². The topological polar surface area (TPSA) is 237 Å². The molecular weight excluding hydrogens is 634 g/mol. The summed E-state index contributed by atoms with van der Waals surface area (Å²) in [5, 5.41) is 35.4. The number of nitrogens with zero attached hydrogens (tertiary/aromatic N) is 7. The Bertz CT molecular complexity index is 1580. The first-order chi connectivity index (χ1) is 21.4. The summed E-state index contributed by atoms with van der Waals surface area (Å²) >= 11 is 5.20. The van der Waals surface area contributed by atoms with Gasteiger partial charge in [0, 0.05) is 38.2 Å². The molecule has 2 saturated heterocycles. The zero-order valence-electron chi connectivity index (χ0n) is 23.7. The van der Waals surface area contributed by atoms with Crippen LogP contribution in [0.4, 0.5) is 4.79 Å². The van der Waals surface area contributed by atoms with Crippen molar-refractivity contribution in [2.45, 2.75) is 24.2 Å². The molecule has 1 aromatic carbocycles. The minimum absolute atomic E-state index is 0.0316. The normalized spacial score (nSPS) is 16.7. The second-order valence-electron chi connectivity index (χ2n) is 9.56. The molecule has 0 radical (unpaired) electrons. The van der Waals surface area contributed by atoms with Crippen molar-refractivity contribution in [3.63, 3.8) is 0 Å². The fourth-order valence-corrected chi connectivity index (χ4v) is 5.68. The minimum atomic E-state index is -1.79. The Morgan fingerprint density at radius 2 is 1.76 bits per heavy atom. The number of carboxylic acid groups (broad SMARTS) is 1. The van der Waals surface area contributed by atoms with Crippen LogP contribution in [0.2, 0.25) is 0 Å². The first kappa shape index (κ1) is 32.9. The van der Waals surface area contributed by atoms with E-state index in [0.717, 1.165) is 11.8 Å². The highest BCUT2D eigenvalue weighted by atomic mass is 32.2. The second kappa shape index (κ2) is 13.8. The molecule has 4 rings (SSSR count). The number of amides is 7. The number of aromatic nitrogens is 4. The average molecular weight is 662 g/mol. The van der Waals surface area contributed by atoms with Crippen LogP contribution in [0.3, 0.4) is 0 Å². The summed E-state index contributed by atoms with van der Waals surface area (Å²) in [5.74, 6) is -7.09. The molecule has 0 aliphatic carbocycles. The standard InChI is InChI=1S/C25H27N9O9S2/c1-3-32-8-9-33(22(40)21(32)39)24(43)27-15(12-4-6-14(35)7-5-12)18(36)26-16-19(37)34(20(16)38)17(23(41)42)13(10-44)11-45-25-28-29-30-31(25)2/h4-7,15-16,35,44H,3,8-11H2,1-2H3,(H,26,36)(H,27,43)(H,41,42)/t15-/m1/s1. The fraction of sp³-hybridized carbons (Fsp3) is 0.360. The lowest BCUT2D eigenvalue weighted by molar-refractivity contribution is -0.163. The van der Waals surface area contributed by atoms with Crippen molar-refractivity contribution in [3.8, 4) is 5.75 Å². The molecule has 0 bridgehead atoms. The van der Waals surface area contributed by atoms with Crippen molar-refractivity contribution in [2.75, 3.05) is 31.1 Å². The van der Waals surface area contributed by atoms with Crippen LogP contribution in [0.15, 0.2) is 40.7 Å². The molecule has 3 heterocycles. The third kappa shape index (κ3) is 6.75. The molecular formula is C25H27N9O9S2. The number of carboxylic acids is 1. The molecule has 2 fully saturated rings. The zero-order chi connectivity index (χ0) is 33.0. The summed E-state index contributed by atoms with van der Waals surface area (Å²) in [7, 11) is 1.57. The summed E-state index contributed by atoms with van der Waals surface area (Å²) in [6, 6.07) is 0.525. The van der Waals surface area contributed by atoms with Gasteiger partial charge in [-0.05, 0) is 40.6 Å². The molecule has 4 N–H and O–H groups in total. The van der Waals surface area contributed by atoms with Crippen LogP contribution in [-0.2, 0) is 35.8 Å². The van der Waals surface area contributed by atoms with Crippen molar-refractivity contribution >= 4 is 65.9 Å². The number of benzene rings is 1. The number of imide groups is 2. The molecule has 1 aromatic heterocycles. The molecule has 20 heteroatoms. The maximum Gasteiger partial charge on any atom is 0.353 e. The van der Waals surface area contributed by atoms with Crippen LogP contribution in [0.1, 0.15) is 18.5 Å². The van der Waals surface area contributed by atoms with Gasteiger partial charge in [0.2, 0.25) is 11.1 Å². The first-order valence-electron chi connectivity index (χ1n) is 13.2. The Kier molecular flexibility index (Phi) is 10.1. The van der Waals surface area contributed by atoms with E-state index in [-0.39, 0.29) is 48.0 Å². The lowest BCUT2D eigenvalue weighted by Crippen LogP contribution is -2.69. The average Bonchev–Trinajstić information content (AvgIpc) is 3.43. The smallest absolute Gasteiger partial charge is 0.353 e. The number of likely N-dealkylation sites (N-methyl/N-ethyl adjacent to an activating group) is 1. The fourth-order valence-electron chi connectivity index (χ4n) is 4.40. The highest BCUT2D eigenvalue weighted by Crippen LogP contribution is 2.27. The van der Waals surface area contributed by atoms with E-state index in [4.69, 9.17) is 0 Å². The maximum absolute atomic E-state index is 13.4.